The summed E-state index contributed by atoms with van der Waals surface area (Å²) >= 11 is 0. The SMILES string of the molecule is CCc1[nH]c2c(c1CCNCc1ccc(/C=C/C(=O)NO)cc1)=CCCC=2. The molecule has 1 aliphatic carbocycles. The van der Waals surface area contributed by atoms with Crippen LogP contribution in [0.1, 0.15) is 42.1 Å². The number of rotatable bonds is 8. The maximum Gasteiger partial charge on any atom is 0.267 e. The fourth-order valence-corrected chi connectivity index (χ4v) is 3.47. The Labute approximate surface area is 159 Å². The van der Waals surface area contributed by atoms with Crippen molar-refractivity contribution < 1.29 is 10.0 Å². The zero-order valence-corrected chi connectivity index (χ0v) is 15.7. The molecular weight excluding hydrogens is 338 g/mol. The first-order chi connectivity index (χ1) is 13.2. The molecule has 0 radical (unpaired) electrons. The Bertz CT molecular complexity index is 924. The van der Waals surface area contributed by atoms with Crippen LogP contribution in [0.2, 0.25) is 0 Å². The number of carbonyl (C=O) groups is 1. The predicted octanol–water partition coefficient (Wildman–Crippen LogP) is 1.78. The van der Waals surface area contributed by atoms with Crippen molar-refractivity contribution in [1.82, 2.24) is 15.8 Å². The van der Waals surface area contributed by atoms with E-state index in [1.54, 1.807) is 11.6 Å². The van der Waals surface area contributed by atoms with Crippen molar-refractivity contribution >= 4 is 24.1 Å². The van der Waals surface area contributed by atoms with Crippen LogP contribution in [-0.2, 0) is 24.2 Å². The topological polar surface area (TPSA) is 77.2 Å². The molecule has 1 heterocycles. The van der Waals surface area contributed by atoms with Crippen LogP contribution in [0, 0.1) is 0 Å². The van der Waals surface area contributed by atoms with Crippen LogP contribution in [0.5, 0.6) is 0 Å². The molecule has 0 atom stereocenters. The first kappa shape index (κ1) is 19.1. The van der Waals surface area contributed by atoms with E-state index in [0.717, 1.165) is 44.3 Å². The van der Waals surface area contributed by atoms with Gasteiger partial charge < -0.3 is 10.3 Å². The summed E-state index contributed by atoms with van der Waals surface area (Å²) < 4.78 is 0. The maximum absolute atomic E-state index is 11.0. The molecule has 0 aliphatic heterocycles. The second-order valence-electron chi connectivity index (χ2n) is 6.73. The Balaban J connectivity index is 1.53. The van der Waals surface area contributed by atoms with Gasteiger partial charge in [0.05, 0.1) is 0 Å². The number of amides is 1. The zero-order valence-electron chi connectivity index (χ0n) is 15.7. The molecule has 1 amide bonds. The summed E-state index contributed by atoms with van der Waals surface area (Å²) in [5.41, 5.74) is 6.51. The minimum Gasteiger partial charge on any atom is -0.358 e. The monoisotopic (exact) mass is 365 g/mol. The molecule has 1 aliphatic rings. The summed E-state index contributed by atoms with van der Waals surface area (Å²) in [6.45, 7) is 3.95. The standard InChI is InChI=1S/C22H27N3O2/c1-2-20-19(18-5-3-4-6-21(18)24-20)13-14-23-15-17-9-7-16(8-10-17)11-12-22(26)25-27/h5-12,23-24,27H,2-4,13-15H2,1H3,(H,25,26)/b12-11+. The van der Waals surface area contributed by atoms with Crippen LogP contribution in [0.4, 0.5) is 0 Å². The molecule has 0 saturated carbocycles. The highest BCUT2D eigenvalue weighted by molar-refractivity contribution is 5.90. The van der Waals surface area contributed by atoms with E-state index in [0.29, 0.717) is 0 Å². The summed E-state index contributed by atoms with van der Waals surface area (Å²) in [7, 11) is 0. The first-order valence-electron chi connectivity index (χ1n) is 9.53. The molecule has 27 heavy (non-hydrogen) atoms. The molecule has 5 heteroatoms. The third kappa shape index (κ3) is 4.96. The Morgan fingerprint density at radius 1 is 1.22 bits per heavy atom. The molecule has 0 unspecified atom stereocenters. The average molecular weight is 365 g/mol. The van der Waals surface area contributed by atoms with Crippen molar-refractivity contribution in [1.29, 1.82) is 0 Å². The number of hydrogen-bond donors (Lipinski definition) is 4. The summed E-state index contributed by atoms with van der Waals surface area (Å²) in [5, 5.41) is 14.7. The number of hydrogen-bond acceptors (Lipinski definition) is 3. The molecule has 5 nitrogen and oxygen atoms in total. The highest BCUT2D eigenvalue weighted by atomic mass is 16.5. The summed E-state index contributed by atoms with van der Waals surface area (Å²) in [6.07, 6.45) is 12.0. The van der Waals surface area contributed by atoms with Gasteiger partial charge in [-0.15, -0.1) is 0 Å². The number of aromatic nitrogens is 1. The number of aromatic amines is 1. The van der Waals surface area contributed by atoms with E-state index >= 15 is 0 Å². The van der Waals surface area contributed by atoms with Crippen LogP contribution < -0.4 is 21.4 Å². The lowest BCUT2D eigenvalue weighted by Gasteiger charge is -2.07. The molecule has 1 aromatic carbocycles. The van der Waals surface area contributed by atoms with Gasteiger partial charge in [-0.25, -0.2) is 5.48 Å². The molecule has 2 aromatic rings. The van der Waals surface area contributed by atoms with Crippen molar-refractivity contribution in [3.8, 4) is 0 Å². The van der Waals surface area contributed by atoms with Gasteiger partial charge in [-0.3, -0.25) is 10.0 Å². The molecule has 0 saturated heterocycles. The van der Waals surface area contributed by atoms with Crippen molar-refractivity contribution in [3.05, 3.63) is 63.3 Å². The van der Waals surface area contributed by atoms with Crippen molar-refractivity contribution in [2.45, 2.75) is 39.2 Å². The molecule has 0 fully saturated rings. The number of nitrogens with one attached hydrogen (secondary N) is 3. The Morgan fingerprint density at radius 3 is 2.74 bits per heavy atom. The van der Waals surface area contributed by atoms with E-state index in [9.17, 15) is 4.79 Å². The highest BCUT2D eigenvalue weighted by Crippen LogP contribution is 2.07. The Morgan fingerprint density at radius 2 is 2.00 bits per heavy atom. The summed E-state index contributed by atoms with van der Waals surface area (Å²) in [6, 6.07) is 8.01. The van der Waals surface area contributed by atoms with Gasteiger partial charge >= 0.3 is 0 Å². The van der Waals surface area contributed by atoms with E-state index < -0.39 is 5.91 Å². The van der Waals surface area contributed by atoms with E-state index in [1.807, 2.05) is 24.3 Å². The van der Waals surface area contributed by atoms with Crippen LogP contribution in [-0.4, -0.2) is 22.6 Å². The predicted molar refractivity (Wildman–Crippen MR) is 108 cm³/mol. The van der Waals surface area contributed by atoms with E-state index in [1.165, 1.54) is 33.5 Å². The van der Waals surface area contributed by atoms with Gasteiger partial charge in [0.15, 0.2) is 0 Å². The van der Waals surface area contributed by atoms with Gasteiger partial charge in [-0.2, -0.15) is 0 Å². The largest absolute Gasteiger partial charge is 0.358 e. The maximum atomic E-state index is 11.0. The van der Waals surface area contributed by atoms with Gasteiger partial charge in [-0.1, -0.05) is 43.3 Å². The molecule has 1 aromatic heterocycles. The Hall–Kier alpha value is -2.63. The third-order valence-electron chi connectivity index (χ3n) is 4.88. The lowest BCUT2D eigenvalue weighted by Crippen LogP contribution is -2.28. The highest BCUT2D eigenvalue weighted by Gasteiger charge is 2.08. The quantitative estimate of drug-likeness (QED) is 0.249. The van der Waals surface area contributed by atoms with Crippen LogP contribution >= 0.6 is 0 Å². The summed E-state index contributed by atoms with van der Waals surface area (Å²) in [4.78, 5) is 14.6. The van der Waals surface area contributed by atoms with Gasteiger partial charge in [0.1, 0.15) is 0 Å². The van der Waals surface area contributed by atoms with E-state index in [2.05, 4.69) is 29.4 Å². The molecule has 0 bridgehead atoms. The van der Waals surface area contributed by atoms with Gasteiger partial charge in [-0.05, 0) is 60.2 Å². The molecule has 0 spiro atoms. The van der Waals surface area contributed by atoms with E-state index in [-0.39, 0.29) is 0 Å². The average Bonchev–Trinajstić information content (AvgIpc) is 3.08. The number of H-pyrrole nitrogens is 1. The lowest BCUT2D eigenvalue weighted by molar-refractivity contribution is -0.124. The Kier molecular flexibility index (Phi) is 6.63. The molecule has 3 rings (SSSR count). The van der Waals surface area contributed by atoms with Crippen molar-refractivity contribution in [2.75, 3.05) is 6.54 Å². The van der Waals surface area contributed by atoms with Crippen LogP contribution in [0.15, 0.2) is 30.3 Å². The molecular formula is C22H27N3O2. The third-order valence-corrected chi connectivity index (χ3v) is 4.88. The van der Waals surface area contributed by atoms with Gasteiger partial charge in [0.25, 0.3) is 5.91 Å². The molecule has 4 N–H and O–H groups in total. The normalized spacial score (nSPS) is 13.1. The number of carbonyl (C=O) groups excluding carboxylic acids is 1. The fourth-order valence-electron chi connectivity index (χ4n) is 3.47. The molecule has 142 valence electrons. The second-order valence-corrected chi connectivity index (χ2v) is 6.73. The van der Waals surface area contributed by atoms with Gasteiger partial charge in [0, 0.05) is 23.7 Å². The smallest absolute Gasteiger partial charge is 0.267 e. The van der Waals surface area contributed by atoms with Crippen LogP contribution in [0.3, 0.4) is 0 Å². The van der Waals surface area contributed by atoms with E-state index in [4.69, 9.17) is 5.21 Å². The lowest BCUT2D eigenvalue weighted by atomic mass is 10.1. The van der Waals surface area contributed by atoms with Gasteiger partial charge in [0.2, 0.25) is 0 Å². The minimum atomic E-state index is -0.533. The summed E-state index contributed by atoms with van der Waals surface area (Å²) in [5.74, 6) is -0.533. The number of benzene rings is 1. The fraction of sp³-hybridized carbons (Fsp3) is 0.318. The number of fused-ring (bicyclic) bond motifs is 1. The van der Waals surface area contributed by atoms with Crippen LogP contribution in [0.25, 0.3) is 18.2 Å². The second kappa shape index (κ2) is 9.35. The van der Waals surface area contributed by atoms with Crippen molar-refractivity contribution in [2.24, 2.45) is 0 Å². The zero-order chi connectivity index (χ0) is 19.1. The van der Waals surface area contributed by atoms with Crippen molar-refractivity contribution in [3.63, 3.8) is 0 Å². The first-order valence-corrected chi connectivity index (χ1v) is 9.53. The number of hydroxylamine groups is 1. The number of aryl methyl sites for hydroxylation is 1. The minimum absolute atomic E-state index is 0.533.